The van der Waals surface area contributed by atoms with E-state index in [0.29, 0.717) is 5.92 Å². The van der Waals surface area contributed by atoms with Crippen LogP contribution < -0.4 is 0 Å². The highest BCUT2D eigenvalue weighted by atomic mass is 14.3. The fourth-order valence-electron chi connectivity index (χ4n) is 5.32. The van der Waals surface area contributed by atoms with Gasteiger partial charge in [0, 0.05) is 5.92 Å². The van der Waals surface area contributed by atoms with Crippen molar-refractivity contribution in [2.45, 2.75) is 96.8 Å². The summed E-state index contributed by atoms with van der Waals surface area (Å²) in [5, 5.41) is 0. The number of unbranched alkanes of at least 4 members (excludes halogenated alkanes) is 2. The molecule has 2 aliphatic rings. The molecule has 1 aromatic carbocycles. The van der Waals surface area contributed by atoms with E-state index < -0.39 is 0 Å². The average Bonchev–Trinajstić information content (AvgIpc) is 2.70. The Kier molecular flexibility index (Phi) is 7.84. The summed E-state index contributed by atoms with van der Waals surface area (Å²) in [5.74, 6) is 3.54. The van der Waals surface area contributed by atoms with Crippen molar-refractivity contribution in [2.24, 2.45) is 17.8 Å². The summed E-state index contributed by atoms with van der Waals surface area (Å²) in [6.07, 6.45) is 22.1. The molecule has 1 fully saturated rings. The molecule has 0 saturated heterocycles. The molecule has 3 rings (SSSR count). The van der Waals surface area contributed by atoms with Gasteiger partial charge in [0.1, 0.15) is 0 Å². The zero-order valence-electron chi connectivity index (χ0n) is 17.3. The van der Waals surface area contributed by atoms with E-state index >= 15 is 0 Å². The maximum atomic E-state index is 2.59. The van der Waals surface area contributed by atoms with Gasteiger partial charge in [-0.15, -0.1) is 0 Å². The fourth-order valence-corrected chi connectivity index (χ4v) is 5.32. The van der Waals surface area contributed by atoms with Crippen LogP contribution in [0.2, 0.25) is 0 Å². The second kappa shape index (κ2) is 10.3. The van der Waals surface area contributed by atoms with Crippen molar-refractivity contribution in [1.82, 2.24) is 0 Å². The van der Waals surface area contributed by atoms with Gasteiger partial charge in [0.15, 0.2) is 0 Å². The topological polar surface area (TPSA) is 0 Å². The minimum atomic E-state index is 0.660. The molecule has 0 bridgehead atoms. The molecule has 0 N–H and O–H groups in total. The molecule has 0 heterocycles. The maximum absolute atomic E-state index is 2.59. The van der Waals surface area contributed by atoms with Crippen molar-refractivity contribution >= 4 is 0 Å². The summed E-state index contributed by atoms with van der Waals surface area (Å²) in [5.41, 5.74) is 3.02. The van der Waals surface area contributed by atoms with Gasteiger partial charge >= 0.3 is 0 Å². The Morgan fingerprint density at radius 2 is 1.54 bits per heavy atom. The summed E-state index contributed by atoms with van der Waals surface area (Å²) in [7, 11) is 0. The van der Waals surface area contributed by atoms with Crippen LogP contribution in [0, 0.1) is 17.8 Å². The van der Waals surface area contributed by atoms with Crippen LogP contribution in [0.15, 0.2) is 36.4 Å². The smallest absolute Gasteiger partial charge is 0.00182 e. The van der Waals surface area contributed by atoms with Gasteiger partial charge in [-0.2, -0.15) is 0 Å². The number of hydrogen-bond acceptors (Lipinski definition) is 0. The van der Waals surface area contributed by atoms with E-state index in [1.165, 1.54) is 88.2 Å². The van der Waals surface area contributed by atoms with Gasteiger partial charge in [-0.1, -0.05) is 95.2 Å². The summed E-state index contributed by atoms with van der Waals surface area (Å²) < 4.78 is 0. The van der Waals surface area contributed by atoms with Crippen LogP contribution in [0.3, 0.4) is 0 Å². The molecule has 0 nitrogen and oxygen atoms in total. The molecule has 144 valence electrons. The van der Waals surface area contributed by atoms with Crippen molar-refractivity contribution in [3.8, 4) is 0 Å². The Labute approximate surface area is 162 Å². The molecule has 1 aromatic rings. The first-order valence-electron chi connectivity index (χ1n) is 11.6. The number of benzene rings is 1. The maximum Gasteiger partial charge on any atom is 0.00182 e. The lowest BCUT2D eigenvalue weighted by atomic mass is 9.70. The molecule has 26 heavy (non-hydrogen) atoms. The highest BCUT2D eigenvalue weighted by molar-refractivity contribution is 5.29. The van der Waals surface area contributed by atoms with Crippen molar-refractivity contribution in [3.05, 3.63) is 47.5 Å². The van der Waals surface area contributed by atoms with Crippen LogP contribution in [0.5, 0.6) is 0 Å². The zero-order valence-corrected chi connectivity index (χ0v) is 17.3. The predicted molar refractivity (Wildman–Crippen MR) is 115 cm³/mol. The van der Waals surface area contributed by atoms with Crippen LogP contribution in [-0.4, -0.2) is 0 Å². The Hall–Kier alpha value is -1.04. The van der Waals surface area contributed by atoms with Crippen molar-refractivity contribution in [3.63, 3.8) is 0 Å². The first-order chi connectivity index (χ1) is 12.8. The lowest BCUT2D eigenvalue weighted by molar-refractivity contribution is 0.207. The van der Waals surface area contributed by atoms with Crippen LogP contribution >= 0.6 is 0 Å². The third-order valence-corrected chi connectivity index (χ3v) is 7.06. The molecule has 2 aliphatic carbocycles. The second-order valence-electron chi connectivity index (χ2n) is 9.00. The van der Waals surface area contributed by atoms with Crippen molar-refractivity contribution in [2.75, 3.05) is 0 Å². The first kappa shape index (κ1) is 19.7. The number of hydrogen-bond donors (Lipinski definition) is 0. The van der Waals surface area contributed by atoms with Gasteiger partial charge in [-0.25, -0.2) is 0 Å². The predicted octanol–water partition coefficient (Wildman–Crippen LogP) is 8.08. The van der Waals surface area contributed by atoms with E-state index in [2.05, 4.69) is 50.3 Å². The molecule has 0 amide bonds. The Morgan fingerprint density at radius 1 is 0.769 bits per heavy atom. The molecule has 0 radical (unpaired) electrons. The number of aryl methyl sites for hydroxylation is 1. The quantitative estimate of drug-likeness (QED) is 0.327. The minimum absolute atomic E-state index is 0.660. The molecular formula is C26H40. The summed E-state index contributed by atoms with van der Waals surface area (Å²) in [6.45, 7) is 4.58. The van der Waals surface area contributed by atoms with Gasteiger partial charge in [0.05, 0.1) is 0 Å². The van der Waals surface area contributed by atoms with Crippen LogP contribution in [0.1, 0.15) is 102 Å². The molecule has 0 aliphatic heterocycles. The van der Waals surface area contributed by atoms with E-state index in [4.69, 9.17) is 0 Å². The highest BCUT2D eigenvalue weighted by Crippen LogP contribution is 2.41. The summed E-state index contributed by atoms with van der Waals surface area (Å²) >= 11 is 0. The standard InChI is InChI=1S/C26H40/c1-3-5-6-8-22-11-15-24(16-12-22)26-19-17-25(18-20-26)23-13-9-21(7-4-2)10-14-23/h9-10,13-14,17,19,22,24-26H,3-8,11-12,15-16,18,20H2,1-2H3/t22-,24-,25?,26?. The SMILES string of the molecule is CCCCC[C@H]1CC[C@H](C2C=CC(c3ccc(CCC)cc3)CC2)CC1. The molecule has 2 atom stereocenters. The highest BCUT2D eigenvalue weighted by Gasteiger charge is 2.28. The molecule has 1 saturated carbocycles. The van der Waals surface area contributed by atoms with Crippen LogP contribution in [-0.2, 0) is 6.42 Å². The monoisotopic (exact) mass is 352 g/mol. The first-order valence-corrected chi connectivity index (χ1v) is 11.6. The molecule has 0 aromatic heterocycles. The fraction of sp³-hybridized carbons (Fsp3) is 0.692. The molecule has 0 heteroatoms. The lowest BCUT2D eigenvalue weighted by Gasteiger charge is -2.35. The van der Waals surface area contributed by atoms with Crippen molar-refractivity contribution in [1.29, 1.82) is 0 Å². The number of rotatable bonds is 8. The van der Waals surface area contributed by atoms with Gasteiger partial charge in [0.25, 0.3) is 0 Å². The van der Waals surface area contributed by atoms with E-state index in [0.717, 1.165) is 17.8 Å². The normalized spacial score (nSPS) is 29.0. The van der Waals surface area contributed by atoms with Gasteiger partial charge < -0.3 is 0 Å². The lowest BCUT2D eigenvalue weighted by Crippen LogP contribution is -2.23. The third kappa shape index (κ3) is 5.48. The van der Waals surface area contributed by atoms with E-state index in [-0.39, 0.29) is 0 Å². The Balaban J connectivity index is 1.46. The largest absolute Gasteiger partial charge is 0.0845 e. The summed E-state index contributed by atoms with van der Waals surface area (Å²) in [4.78, 5) is 0. The minimum Gasteiger partial charge on any atom is -0.0845 e. The van der Waals surface area contributed by atoms with E-state index in [9.17, 15) is 0 Å². The number of allylic oxidation sites excluding steroid dienone is 2. The third-order valence-electron chi connectivity index (χ3n) is 7.06. The zero-order chi connectivity index (χ0) is 18.2. The molecule has 2 unspecified atom stereocenters. The van der Waals surface area contributed by atoms with E-state index in [1.807, 2.05) is 0 Å². The van der Waals surface area contributed by atoms with Gasteiger partial charge in [-0.3, -0.25) is 0 Å². The Bertz CT molecular complexity index is 530. The van der Waals surface area contributed by atoms with E-state index in [1.54, 1.807) is 0 Å². The molecule has 0 spiro atoms. The summed E-state index contributed by atoms with van der Waals surface area (Å²) in [6, 6.07) is 9.45. The molecular weight excluding hydrogens is 312 g/mol. The Morgan fingerprint density at radius 3 is 2.15 bits per heavy atom. The average molecular weight is 353 g/mol. The van der Waals surface area contributed by atoms with Crippen LogP contribution in [0.4, 0.5) is 0 Å². The van der Waals surface area contributed by atoms with Gasteiger partial charge in [-0.05, 0) is 61.0 Å². The van der Waals surface area contributed by atoms with Gasteiger partial charge in [0.2, 0.25) is 0 Å². The van der Waals surface area contributed by atoms with Crippen molar-refractivity contribution < 1.29 is 0 Å². The second-order valence-corrected chi connectivity index (χ2v) is 9.00. The van der Waals surface area contributed by atoms with Crippen LogP contribution in [0.25, 0.3) is 0 Å².